The van der Waals surface area contributed by atoms with Gasteiger partial charge in [0.25, 0.3) is 5.91 Å². The third kappa shape index (κ3) is 6.18. The van der Waals surface area contributed by atoms with Crippen LogP contribution in [0.4, 0.5) is 11.5 Å². The Balaban J connectivity index is 1.68. The number of carbonyl (C=O) groups excluding carboxylic acids is 1. The van der Waals surface area contributed by atoms with E-state index in [2.05, 4.69) is 27.5 Å². The van der Waals surface area contributed by atoms with E-state index in [9.17, 15) is 14.7 Å². The van der Waals surface area contributed by atoms with Crippen LogP contribution < -0.4 is 10.6 Å². The van der Waals surface area contributed by atoms with E-state index >= 15 is 0 Å². The minimum Gasteiger partial charge on any atom is -0.480 e. The third-order valence-electron chi connectivity index (χ3n) is 4.68. The second-order valence-corrected chi connectivity index (χ2v) is 7.95. The number of carboxylic acid groups (broad SMARTS) is 1. The van der Waals surface area contributed by atoms with Gasteiger partial charge >= 0.3 is 5.97 Å². The topological polar surface area (TPSA) is 104 Å². The van der Waals surface area contributed by atoms with Crippen molar-refractivity contribution in [3.8, 4) is 0 Å². The Morgan fingerprint density at radius 2 is 1.75 bits per heavy atom. The second-order valence-electron chi connectivity index (χ2n) is 7.13. The van der Waals surface area contributed by atoms with Gasteiger partial charge in [0.05, 0.1) is 15.7 Å². The van der Waals surface area contributed by atoms with Gasteiger partial charge in [0.2, 0.25) is 0 Å². The highest BCUT2D eigenvalue weighted by atomic mass is 35.5. The molecule has 2 heterocycles. The zero-order chi connectivity index (χ0) is 23.1. The highest BCUT2D eigenvalue weighted by molar-refractivity contribution is 6.39. The first-order chi connectivity index (χ1) is 15.4. The van der Waals surface area contributed by atoms with Gasteiger partial charge in [-0.3, -0.25) is 9.78 Å². The van der Waals surface area contributed by atoms with Crippen LogP contribution in [0, 0.1) is 0 Å². The van der Waals surface area contributed by atoms with Crippen LogP contribution in [0.1, 0.15) is 35.0 Å². The zero-order valence-corrected chi connectivity index (χ0v) is 18.8. The van der Waals surface area contributed by atoms with Gasteiger partial charge in [0.15, 0.2) is 0 Å². The second kappa shape index (κ2) is 10.9. The maximum Gasteiger partial charge on any atom is 0.326 e. The van der Waals surface area contributed by atoms with Crippen molar-refractivity contribution in [2.45, 2.75) is 32.2 Å². The van der Waals surface area contributed by atoms with Crippen molar-refractivity contribution in [2.24, 2.45) is 0 Å². The van der Waals surface area contributed by atoms with Gasteiger partial charge in [-0.15, -0.1) is 0 Å². The molecule has 3 N–H and O–H groups in total. The Kier molecular flexibility index (Phi) is 8.03. The van der Waals surface area contributed by atoms with Crippen LogP contribution in [0.5, 0.6) is 0 Å². The van der Waals surface area contributed by atoms with Crippen molar-refractivity contribution in [3.05, 3.63) is 81.7 Å². The fourth-order valence-corrected chi connectivity index (χ4v) is 3.54. The van der Waals surface area contributed by atoms with Crippen LogP contribution >= 0.6 is 23.2 Å². The van der Waals surface area contributed by atoms with Crippen LogP contribution in [0.2, 0.25) is 10.0 Å². The highest BCUT2D eigenvalue weighted by Crippen LogP contribution is 2.29. The zero-order valence-electron chi connectivity index (χ0n) is 17.3. The molecule has 1 amide bonds. The molecule has 0 aliphatic rings. The molecule has 3 aromatic rings. The Morgan fingerprint density at radius 1 is 1.06 bits per heavy atom. The molecule has 0 saturated heterocycles. The lowest BCUT2D eigenvalue weighted by Crippen LogP contribution is -2.32. The van der Waals surface area contributed by atoms with Crippen molar-refractivity contribution in [3.63, 3.8) is 0 Å². The molecule has 0 spiro atoms. The molecule has 1 unspecified atom stereocenters. The number of anilines is 2. The molecular formula is C23H22Cl2N4O3. The summed E-state index contributed by atoms with van der Waals surface area (Å²) in [5, 5.41) is 15.8. The number of carboxylic acids is 1. The predicted octanol–water partition coefficient (Wildman–Crippen LogP) is 5.10. The van der Waals surface area contributed by atoms with E-state index in [1.165, 1.54) is 12.4 Å². The number of carbonyl (C=O) groups is 2. The lowest BCUT2D eigenvalue weighted by Gasteiger charge is -2.16. The molecule has 32 heavy (non-hydrogen) atoms. The molecule has 0 radical (unpaired) electrons. The third-order valence-corrected chi connectivity index (χ3v) is 5.25. The Hall–Kier alpha value is -3.16. The Bertz CT molecular complexity index is 1090. The number of pyridine rings is 2. The smallest absolute Gasteiger partial charge is 0.326 e. The molecule has 7 nitrogen and oxygen atoms in total. The molecule has 166 valence electrons. The summed E-state index contributed by atoms with van der Waals surface area (Å²) in [6.07, 6.45) is 4.78. The molecule has 9 heteroatoms. The number of hydrogen-bond donors (Lipinski definition) is 3. The lowest BCUT2D eigenvalue weighted by molar-refractivity contribution is -0.137. The predicted molar refractivity (Wildman–Crippen MR) is 126 cm³/mol. The quantitative estimate of drug-likeness (QED) is 0.400. The first-order valence-electron chi connectivity index (χ1n) is 10.0. The first-order valence-corrected chi connectivity index (χ1v) is 10.8. The monoisotopic (exact) mass is 472 g/mol. The molecule has 0 fully saturated rings. The van der Waals surface area contributed by atoms with Crippen LogP contribution in [-0.4, -0.2) is 33.0 Å². The Morgan fingerprint density at radius 3 is 2.38 bits per heavy atom. The number of nitrogens with zero attached hydrogens (tertiary/aromatic N) is 2. The van der Waals surface area contributed by atoms with Gasteiger partial charge in [0.1, 0.15) is 11.9 Å². The van der Waals surface area contributed by atoms with E-state index in [1.54, 1.807) is 30.3 Å². The molecule has 3 rings (SSSR count). The Labute approximate surface area is 195 Å². The van der Waals surface area contributed by atoms with Gasteiger partial charge in [0, 0.05) is 30.1 Å². The molecular weight excluding hydrogens is 451 g/mol. The van der Waals surface area contributed by atoms with Crippen molar-refractivity contribution in [1.82, 2.24) is 9.97 Å². The summed E-state index contributed by atoms with van der Waals surface area (Å²) in [5.41, 5.74) is 2.33. The molecule has 1 aromatic carbocycles. The summed E-state index contributed by atoms with van der Waals surface area (Å²) >= 11 is 12.1. The maximum atomic E-state index is 12.5. The van der Waals surface area contributed by atoms with E-state index in [-0.39, 0.29) is 22.2 Å². The van der Waals surface area contributed by atoms with Gasteiger partial charge in [-0.05, 0) is 36.2 Å². The van der Waals surface area contributed by atoms with Crippen LogP contribution in [-0.2, 0) is 17.6 Å². The molecule has 0 aliphatic heterocycles. The minimum atomic E-state index is -0.989. The molecule has 0 aliphatic carbocycles. The SMILES string of the molecule is CCCc1cccc(NC(Cc2ccc(C(=O)Nc3c(Cl)cncc3Cl)cc2)C(=O)O)n1. The number of aliphatic carboxylic acids is 1. The van der Waals surface area contributed by atoms with E-state index in [0.29, 0.717) is 11.4 Å². The minimum absolute atomic E-state index is 0.221. The molecule has 0 bridgehead atoms. The summed E-state index contributed by atoms with van der Waals surface area (Å²) < 4.78 is 0. The van der Waals surface area contributed by atoms with E-state index in [1.807, 2.05) is 12.1 Å². The van der Waals surface area contributed by atoms with Crippen LogP contribution in [0.15, 0.2) is 54.9 Å². The number of nitrogens with one attached hydrogen (secondary N) is 2. The van der Waals surface area contributed by atoms with Crippen molar-refractivity contribution >= 4 is 46.6 Å². The fraction of sp³-hybridized carbons (Fsp3) is 0.217. The average Bonchev–Trinajstić information content (AvgIpc) is 2.77. The van der Waals surface area contributed by atoms with E-state index in [4.69, 9.17) is 23.2 Å². The van der Waals surface area contributed by atoms with E-state index < -0.39 is 17.9 Å². The number of amides is 1. The normalized spacial score (nSPS) is 11.6. The number of aromatic nitrogens is 2. The summed E-state index contributed by atoms with van der Waals surface area (Å²) in [5.74, 6) is -0.863. The number of aryl methyl sites for hydroxylation is 1. The van der Waals surface area contributed by atoms with Crippen molar-refractivity contribution in [2.75, 3.05) is 10.6 Å². The molecule has 0 saturated carbocycles. The standard InChI is InChI=1S/C23H22Cl2N4O3/c1-2-4-16-5-3-6-20(27-16)28-19(23(31)32)11-14-7-9-15(10-8-14)22(30)29-21-17(24)12-26-13-18(21)25/h3,5-10,12-13,19H,2,4,11H2,1H3,(H,27,28)(H,31,32)(H,26,29,30). The van der Waals surface area contributed by atoms with Gasteiger partial charge < -0.3 is 15.7 Å². The fourth-order valence-electron chi connectivity index (χ4n) is 3.08. The lowest BCUT2D eigenvalue weighted by atomic mass is 10.0. The molecule has 1 atom stereocenters. The van der Waals surface area contributed by atoms with Gasteiger partial charge in [-0.25, -0.2) is 9.78 Å². The van der Waals surface area contributed by atoms with Crippen LogP contribution in [0.3, 0.4) is 0 Å². The number of benzene rings is 1. The largest absolute Gasteiger partial charge is 0.480 e. The number of halogens is 2. The summed E-state index contributed by atoms with van der Waals surface area (Å²) in [4.78, 5) is 32.6. The first kappa shape index (κ1) is 23.5. The number of rotatable bonds is 9. The van der Waals surface area contributed by atoms with E-state index in [0.717, 1.165) is 24.1 Å². The van der Waals surface area contributed by atoms with Gasteiger partial charge in [-0.1, -0.05) is 54.7 Å². The summed E-state index contributed by atoms with van der Waals surface area (Å²) in [6, 6.07) is 11.3. The van der Waals surface area contributed by atoms with Gasteiger partial charge in [-0.2, -0.15) is 0 Å². The summed E-state index contributed by atoms with van der Waals surface area (Å²) in [7, 11) is 0. The van der Waals surface area contributed by atoms with Crippen LogP contribution in [0.25, 0.3) is 0 Å². The average molecular weight is 473 g/mol. The molecule has 2 aromatic heterocycles. The summed E-state index contributed by atoms with van der Waals surface area (Å²) in [6.45, 7) is 2.06. The van der Waals surface area contributed by atoms with Crippen molar-refractivity contribution < 1.29 is 14.7 Å². The maximum absolute atomic E-state index is 12.5. The highest BCUT2D eigenvalue weighted by Gasteiger charge is 2.19. The number of hydrogen-bond acceptors (Lipinski definition) is 5. The van der Waals surface area contributed by atoms with Crippen molar-refractivity contribution in [1.29, 1.82) is 0 Å².